The fourth-order valence-electron chi connectivity index (χ4n) is 1.98. The molecule has 2 aromatic carbocycles. The number of amides is 2. The van der Waals surface area contributed by atoms with Crippen molar-refractivity contribution in [2.45, 2.75) is 11.3 Å². The summed E-state index contributed by atoms with van der Waals surface area (Å²) in [5.74, 6) is 0.0822. The van der Waals surface area contributed by atoms with Crippen molar-refractivity contribution in [3.63, 3.8) is 0 Å². The van der Waals surface area contributed by atoms with Crippen LogP contribution in [0.25, 0.3) is 0 Å². The van der Waals surface area contributed by atoms with E-state index in [0.29, 0.717) is 17.7 Å². The minimum Gasteiger partial charge on any atom is -0.378 e. The summed E-state index contributed by atoms with van der Waals surface area (Å²) in [5, 5.41) is 0. The van der Waals surface area contributed by atoms with Crippen molar-refractivity contribution in [2.24, 2.45) is 0 Å². The summed E-state index contributed by atoms with van der Waals surface area (Å²) >= 11 is 4.98. The molecule has 25 heavy (non-hydrogen) atoms. The van der Waals surface area contributed by atoms with Gasteiger partial charge < -0.3 is 4.90 Å². The zero-order valence-corrected chi connectivity index (χ0v) is 16.5. The number of hydrogen-bond acceptors (Lipinski definition) is 4. The van der Waals surface area contributed by atoms with Crippen molar-refractivity contribution in [1.82, 2.24) is 10.9 Å². The summed E-state index contributed by atoms with van der Waals surface area (Å²) < 4.78 is 1.02. The molecule has 2 N–H and O–H groups in total. The molecule has 0 atom stereocenters. The van der Waals surface area contributed by atoms with Crippen molar-refractivity contribution in [1.29, 1.82) is 0 Å². The normalized spacial score (nSPS) is 10.2. The Morgan fingerprint density at radius 3 is 2.48 bits per heavy atom. The molecule has 2 aromatic rings. The number of hydrogen-bond donors (Lipinski definition) is 2. The second-order valence-electron chi connectivity index (χ2n) is 5.50. The maximum Gasteiger partial charge on any atom is 0.269 e. The van der Waals surface area contributed by atoms with Gasteiger partial charge in [0.15, 0.2) is 0 Å². The molecule has 0 spiro atoms. The summed E-state index contributed by atoms with van der Waals surface area (Å²) in [6.45, 7) is 0. The van der Waals surface area contributed by atoms with Crippen LogP contribution in [0.2, 0.25) is 0 Å². The molecular weight excluding hydrogens is 402 g/mol. The van der Waals surface area contributed by atoms with Crippen LogP contribution in [0.5, 0.6) is 0 Å². The molecule has 5 nitrogen and oxygen atoms in total. The number of carbonyl (C=O) groups is 2. The van der Waals surface area contributed by atoms with Crippen LogP contribution in [0.3, 0.4) is 0 Å². The minimum absolute atomic E-state index is 0.221. The van der Waals surface area contributed by atoms with E-state index in [0.717, 1.165) is 15.1 Å². The van der Waals surface area contributed by atoms with Gasteiger partial charge in [0.05, 0.1) is 0 Å². The van der Waals surface area contributed by atoms with Crippen molar-refractivity contribution in [3.05, 3.63) is 58.6 Å². The van der Waals surface area contributed by atoms with E-state index >= 15 is 0 Å². The van der Waals surface area contributed by atoms with Gasteiger partial charge in [0, 0.05) is 46.9 Å². The third-order valence-electron chi connectivity index (χ3n) is 3.35. The summed E-state index contributed by atoms with van der Waals surface area (Å²) in [5.41, 5.74) is 6.32. The van der Waals surface area contributed by atoms with Gasteiger partial charge in [-0.3, -0.25) is 20.4 Å². The van der Waals surface area contributed by atoms with Crippen LogP contribution in [0.4, 0.5) is 5.69 Å². The average Bonchev–Trinajstić information content (AvgIpc) is 2.61. The standard InChI is InChI=1S/C18H20BrN3O2S/c1-22(2)15-5-3-4-13(12-15)18(24)21-20-17(23)10-11-25-16-8-6-14(19)7-9-16/h3-9,12H,10-11H2,1-2H3,(H,20,23)(H,21,24). The SMILES string of the molecule is CN(C)c1cccc(C(=O)NNC(=O)CCSc2ccc(Br)cc2)c1. The van der Waals surface area contributed by atoms with Gasteiger partial charge in [-0.05, 0) is 42.5 Å². The molecule has 0 saturated heterocycles. The number of hydrazine groups is 1. The highest BCUT2D eigenvalue weighted by Crippen LogP contribution is 2.21. The monoisotopic (exact) mass is 421 g/mol. The van der Waals surface area contributed by atoms with E-state index in [9.17, 15) is 9.59 Å². The highest BCUT2D eigenvalue weighted by Gasteiger charge is 2.08. The molecule has 0 radical (unpaired) electrons. The first-order chi connectivity index (χ1) is 12.0. The molecule has 0 unspecified atom stereocenters. The van der Waals surface area contributed by atoms with Gasteiger partial charge in [0.25, 0.3) is 5.91 Å². The van der Waals surface area contributed by atoms with Gasteiger partial charge in [-0.15, -0.1) is 11.8 Å². The smallest absolute Gasteiger partial charge is 0.269 e. The van der Waals surface area contributed by atoms with E-state index in [-0.39, 0.29) is 11.8 Å². The topological polar surface area (TPSA) is 61.4 Å². The summed E-state index contributed by atoms with van der Waals surface area (Å²) in [4.78, 5) is 26.9. The molecule has 0 aromatic heterocycles. The molecule has 0 saturated carbocycles. The van der Waals surface area contributed by atoms with Crippen LogP contribution < -0.4 is 15.8 Å². The highest BCUT2D eigenvalue weighted by atomic mass is 79.9. The first-order valence-corrected chi connectivity index (χ1v) is 9.48. The summed E-state index contributed by atoms with van der Waals surface area (Å²) in [6.07, 6.45) is 0.318. The van der Waals surface area contributed by atoms with Crippen LogP contribution in [-0.2, 0) is 4.79 Å². The van der Waals surface area contributed by atoms with Crippen molar-refractivity contribution in [3.8, 4) is 0 Å². The maximum atomic E-state index is 12.1. The zero-order valence-electron chi connectivity index (χ0n) is 14.1. The number of rotatable bonds is 6. The first-order valence-electron chi connectivity index (χ1n) is 7.70. The predicted molar refractivity (Wildman–Crippen MR) is 106 cm³/mol. The lowest BCUT2D eigenvalue weighted by molar-refractivity contribution is -0.121. The minimum atomic E-state index is -0.336. The Morgan fingerprint density at radius 1 is 1.08 bits per heavy atom. The van der Waals surface area contributed by atoms with Crippen LogP contribution in [0.1, 0.15) is 16.8 Å². The maximum absolute atomic E-state index is 12.1. The van der Waals surface area contributed by atoms with Gasteiger partial charge >= 0.3 is 0 Å². The van der Waals surface area contributed by atoms with Gasteiger partial charge in [0.1, 0.15) is 0 Å². The molecule has 0 fully saturated rings. The van der Waals surface area contributed by atoms with E-state index in [4.69, 9.17) is 0 Å². The molecule has 0 heterocycles. The largest absolute Gasteiger partial charge is 0.378 e. The van der Waals surface area contributed by atoms with Crippen molar-refractivity contribution >= 4 is 45.2 Å². The summed E-state index contributed by atoms with van der Waals surface area (Å²) in [6, 6.07) is 15.1. The van der Waals surface area contributed by atoms with E-state index in [1.165, 1.54) is 0 Å². The Bertz CT molecular complexity index is 735. The number of anilines is 1. The predicted octanol–water partition coefficient (Wildman–Crippen LogP) is 3.46. The lowest BCUT2D eigenvalue weighted by atomic mass is 10.2. The van der Waals surface area contributed by atoms with Gasteiger partial charge in [-0.2, -0.15) is 0 Å². The van der Waals surface area contributed by atoms with Gasteiger partial charge in [-0.25, -0.2) is 0 Å². The fraction of sp³-hybridized carbons (Fsp3) is 0.222. The van der Waals surface area contributed by atoms with Crippen LogP contribution in [-0.4, -0.2) is 31.7 Å². The number of carbonyl (C=O) groups excluding carboxylic acids is 2. The van der Waals surface area contributed by atoms with Crippen molar-refractivity contribution < 1.29 is 9.59 Å². The lowest BCUT2D eigenvalue weighted by Gasteiger charge is -2.13. The molecule has 132 valence electrons. The number of nitrogens with one attached hydrogen (secondary N) is 2. The lowest BCUT2D eigenvalue weighted by Crippen LogP contribution is -2.41. The Labute approximate surface area is 160 Å². The van der Waals surface area contributed by atoms with E-state index in [2.05, 4.69) is 26.8 Å². The molecule has 2 rings (SSSR count). The van der Waals surface area contributed by atoms with Crippen LogP contribution >= 0.6 is 27.7 Å². The molecule has 0 bridgehead atoms. The number of halogens is 1. The number of thioether (sulfide) groups is 1. The number of benzene rings is 2. The van der Waals surface area contributed by atoms with Crippen molar-refractivity contribution in [2.75, 3.05) is 24.7 Å². The van der Waals surface area contributed by atoms with Crippen LogP contribution in [0, 0.1) is 0 Å². The molecular formula is C18H20BrN3O2S. The Balaban J connectivity index is 1.74. The third kappa shape index (κ3) is 6.43. The summed E-state index contributed by atoms with van der Waals surface area (Å²) in [7, 11) is 3.81. The molecule has 0 aliphatic carbocycles. The second kappa shape index (κ2) is 9.48. The van der Waals surface area contributed by atoms with Gasteiger partial charge in [0.2, 0.25) is 5.91 Å². The van der Waals surface area contributed by atoms with E-state index < -0.39 is 0 Å². The molecule has 2 amide bonds. The molecule has 7 heteroatoms. The highest BCUT2D eigenvalue weighted by molar-refractivity contribution is 9.10. The number of nitrogens with zero attached hydrogens (tertiary/aromatic N) is 1. The van der Waals surface area contributed by atoms with E-state index in [1.54, 1.807) is 30.0 Å². The zero-order chi connectivity index (χ0) is 18.2. The Morgan fingerprint density at radius 2 is 1.80 bits per heavy atom. The fourth-order valence-corrected chi connectivity index (χ4v) is 3.09. The molecule has 0 aliphatic rings. The second-order valence-corrected chi connectivity index (χ2v) is 7.58. The van der Waals surface area contributed by atoms with Crippen LogP contribution in [0.15, 0.2) is 57.9 Å². The quantitative estimate of drug-likeness (QED) is 0.553. The first kappa shape index (κ1) is 19.3. The van der Waals surface area contributed by atoms with Gasteiger partial charge in [-0.1, -0.05) is 22.0 Å². The molecule has 0 aliphatic heterocycles. The average molecular weight is 422 g/mol. The Hall–Kier alpha value is -1.99. The third-order valence-corrected chi connectivity index (χ3v) is 4.89. The Kier molecular flexibility index (Phi) is 7.33. The van der Waals surface area contributed by atoms with E-state index in [1.807, 2.05) is 49.3 Å².